The van der Waals surface area contributed by atoms with Crippen LogP contribution in [0, 0.1) is 0 Å². The molecule has 19 heavy (non-hydrogen) atoms. The summed E-state index contributed by atoms with van der Waals surface area (Å²) in [7, 11) is 0. The Kier molecular flexibility index (Phi) is 5.46. The van der Waals surface area contributed by atoms with Gasteiger partial charge in [-0.25, -0.2) is 0 Å². The number of ether oxygens (including phenoxy) is 1. The molecule has 1 N–H and O–H groups in total. The lowest BCUT2D eigenvalue weighted by molar-refractivity contribution is 0.200. The van der Waals surface area contributed by atoms with Crippen molar-refractivity contribution in [3.63, 3.8) is 0 Å². The van der Waals surface area contributed by atoms with Gasteiger partial charge in [-0.3, -0.25) is 0 Å². The van der Waals surface area contributed by atoms with Crippen LogP contribution < -0.4 is 4.74 Å². The van der Waals surface area contributed by atoms with E-state index in [2.05, 4.69) is 24.8 Å². The van der Waals surface area contributed by atoms with Gasteiger partial charge in [-0.15, -0.1) is 6.58 Å². The quantitative estimate of drug-likeness (QED) is 0.788. The molecular formula is C17H24O2. The number of rotatable bonds is 6. The molecule has 2 rings (SSSR count). The van der Waals surface area contributed by atoms with Crippen molar-refractivity contribution in [3.05, 3.63) is 42.0 Å². The van der Waals surface area contributed by atoms with E-state index in [9.17, 15) is 0 Å². The summed E-state index contributed by atoms with van der Waals surface area (Å²) in [6.45, 7) is 4.22. The zero-order valence-electron chi connectivity index (χ0n) is 11.6. The Morgan fingerprint density at radius 3 is 2.74 bits per heavy atom. The van der Waals surface area contributed by atoms with E-state index in [1.54, 1.807) is 0 Å². The van der Waals surface area contributed by atoms with E-state index in [-0.39, 0.29) is 6.61 Å². The Morgan fingerprint density at radius 2 is 2.05 bits per heavy atom. The largest absolute Gasteiger partial charge is 0.491 e. The van der Waals surface area contributed by atoms with Crippen LogP contribution in [0.25, 0.3) is 0 Å². The Bertz CT molecular complexity index is 406. The van der Waals surface area contributed by atoms with Gasteiger partial charge in [0.1, 0.15) is 12.4 Å². The standard InChI is InChI=1S/C17H24O2/c1-2-6-16-13-15(14-7-4-3-5-8-14)9-10-17(16)19-12-11-18/h2,9-10,13-14,18H,1,3-8,11-12H2. The molecule has 0 aromatic heterocycles. The van der Waals surface area contributed by atoms with Crippen LogP contribution in [0.5, 0.6) is 5.75 Å². The first-order chi connectivity index (χ1) is 9.35. The second-order valence-corrected chi connectivity index (χ2v) is 5.27. The second kappa shape index (κ2) is 7.34. The summed E-state index contributed by atoms with van der Waals surface area (Å²) >= 11 is 0. The predicted octanol–water partition coefficient (Wildman–Crippen LogP) is 3.83. The molecule has 1 aromatic carbocycles. The molecular weight excluding hydrogens is 236 g/mol. The Labute approximate surface area is 116 Å². The van der Waals surface area contributed by atoms with Crippen LogP contribution in [0.3, 0.4) is 0 Å². The van der Waals surface area contributed by atoms with Crippen LogP contribution in [0.15, 0.2) is 30.9 Å². The molecule has 0 bridgehead atoms. The minimum Gasteiger partial charge on any atom is -0.491 e. The number of hydrogen-bond donors (Lipinski definition) is 1. The first-order valence-electron chi connectivity index (χ1n) is 7.32. The molecule has 1 fully saturated rings. The fourth-order valence-corrected chi connectivity index (χ4v) is 2.90. The van der Waals surface area contributed by atoms with E-state index in [1.807, 2.05) is 6.08 Å². The molecule has 0 radical (unpaired) electrons. The minimum absolute atomic E-state index is 0.0535. The Hall–Kier alpha value is -1.28. The normalized spacial score (nSPS) is 16.3. The summed E-state index contributed by atoms with van der Waals surface area (Å²) in [6, 6.07) is 6.51. The first kappa shape index (κ1) is 14.1. The average Bonchev–Trinajstić information content (AvgIpc) is 2.47. The van der Waals surface area contributed by atoms with Crippen LogP contribution in [0.4, 0.5) is 0 Å². The molecule has 0 heterocycles. The lowest BCUT2D eigenvalue weighted by Gasteiger charge is -2.23. The highest BCUT2D eigenvalue weighted by atomic mass is 16.5. The number of benzene rings is 1. The molecule has 0 unspecified atom stereocenters. The van der Waals surface area contributed by atoms with Gasteiger partial charge in [0.2, 0.25) is 0 Å². The number of hydrogen-bond acceptors (Lipinski definition) is 2. The van der Waals surface area contributed by atoms with Gasteiger partial charge in [0.15, 0.2) is 0 Å². The summed E-state index contributed by atoms with van der Waals surface area (Å²) in [5.41, 5.74) is 2.62. The highest BCUT2D eigenvalue weighted by Crippen LogP contribution is 2.34. The SMILES string of the molecule is C=CCc1cc(C2CCCCC2)ccc1OCCO. The fraction of sp³-hybridized carbons (Fsp3) is 0.529. The highest BCUT2D eigenvalue weighted by molar-refractivity contribution is 5.40. The lowest BCUT2D eigenvalue weighted by Crippen LogP contribution is -2.07. The summed E-state index contributed by atoms with van der Waals surface area (Å²) in [6.07, 6.45) is 9.43. The third-order valence-electron chi connectivity index (χ3n) is 3.87. The summed E-state index contributed by atoms with van der Waals surface area (Å²) in [5.74, 6) is 1.60. The maximum atomic E-state index is 8.86. The van der Waals surface area contributed by atoms with Crippen LogP contribution in [-0.2, 0) is 6.42 Å². The van der Waals surface area contributed by atoms with Crippen LogP contribution in [0.1, 0.15) is 49.1 Å². The molecule has 0 amide bonds. The summed E-state index contributed by atoms with van der Waals surface area (Å²) < 4.78 is 5.58. The van der Waals surface area contributed by atoms with E-state index >= 15 is 0 Å². The maximum Gasteiger partial charge on any atom is 0.122 e. The average molecular weight is 260 g/mol. The minimum atomic E-state index is 0.0535. The molecule has 1 aromatic rings. The van der Waals surface area contributed by atoms with E-state index in [1.165, 1.54) is 43.2 Å². The number of allylic oxidation sites excluding steroid dienone is 1. The van der Waals surface area contributed by atoms with Crippen molar-refractivity contribution in [2.75, 3.05) is 13.2 Å². The fourth-order valence-electron chi connectivity index (χ4n) is 2.90. The molecule has 1 saturated carbocycles. The molecule has 2 nitrogen and oxygen atoms in total. The predicted molar refractivity (Wildman–Crippen MR) is 78.7 cm³/mol. The molecule has 0 aliphatic heterocycles. The molecule has 2 heteroatoms. The van der Waals surface area contributed by atoms with Gasteiger partial charge in [-0.05, 0) is 42.4 Å². The third-order valence-corrected chi connectivity index (χ3v) is 3.87. The van der Waals surface area contributed by atoms with Crippen molar-refractivity contribution in [1.82, 2.24) is 0 Å². The topological polar surface area (TPSA) is 29.5 Å². The summed E-state index contributed by atoms with van der Waals surface area (Å²) in [4.78, 5) is 0. The maximum absolute atomic E-state index is 8.86. The van der Waals surface area contributed by atoms with Crippen molar-refractivity contribution >= 4 is 0 Å². The van der Waals surface area contributed by atoms with Gasteiger partial charge in [-0.2, -0.15) is 0 Å². The zero-order valence-corrected chi connectivity index (χ0v) is 11.6. The lowest BCUT2D eigenvalue weighted by atomic mass is 9.83. The van der Waals surface area contributed by atoms with E-state index in [0.29, 0.717) is 12.5 Å². The van der Waals surface area contributed by atoms with Gasteiger partial charge >= 0.3 is 0 Å². The molecule has 1 aliphatic rings. The number of aliphatic hydroxyl groups excluding tert-OH is 1. The van der Waals surface area contributed by atoms with Gasteiger partial charge in [-0.1, -0.05) is 37.5 Å². The van der Waals surface area contributed by atoms with E-state index in [0.717, 1.165) is 12.2 Å². The molecule has 0 spiro atoms. The Morgan fingerprint density at radius 1 is 1.26 bits per heavy atom. The highest BCUT2D eigenvalue weighted by Gasteiger charge is 2.16. The molecule has 1 aliphatic carbocycles. The second-order valence-electron chi connectivity index (χ2n) is 5.27. The molecule has 0 saturated heterocycles. The molecule has 104 valence electrons. The monoisotopic (exact) mass is 260 g/mol. The van der Waals surface area contributed by atoms with Crippen LogP contribution >= 0.6 is 0 Å². The van der Waals surface area contributed by atoms with Gasteiger partial charge in [0.25, 0.3) is 0 Å². The first-order valence-corrected chi connectivity index (χ1v) is 7.32. The van der Waals surface area contributed by atoms with E-state index in [4.69, 9.17) is 9.84 Å². The van der Waals surface area contributed by atoms with Crippen LogP contribution in [-0.4, -0.2) is 18.3 Å². The van der Waals surface area contributed by atoms with Crippen molar-refractivity contribution in [3.8, 4) is 5.75 Å². The zero-order chi connectivity index (χ0) is 13.5. The summed E-state index contributed by atoms with van der Waals surface area (Å²) in [5, 5.41) is 8.86. The van der Waals surface area contributed by atoms with Crippen molar-refractivity contribution in [1.29, 1.82) is 0 Å². The third kappa shape index (κ3) is 3.84. The smallest absolute Gasteiger partial charge is 0.122 e. The van der Waals surface area contributed by atoms with Gasteiger partial charge in [0, 0.05) is 0 Å². The van der Waals surface area contributed by atoms with Crippen LogP contribution in [0.2, 0.25) is 0 Å². The Balaban J connectivity index is 2.16. The molecule has 0 atom stereocenters. The van der Waals surface area contributed by atoms with Crippen molar-refractivity contribution in [2.45, 2.75) is 44.4 Å². The number of aliphatic hydroxyl groups is 1. The van der Waals surface area contributed by atoms with Gasteiger partial charge < -0.3 is 9.84 Å². The van der Waals surface area contributed by atoms with E-state index < -0.39 is 0 Å². The van der Waals surface area contributed by atoms with Crippen molar-refractivity contribution < 1.29 is 9.84 Å². The van der Waals surface area contributed by atoms with Gasteiger partial charge in [0.05, 0.1) is 6.61 Å². The van der Waals surface area contributed by atoms with Crippen molar-refractivity contribution in [2.24, 2.45) is 0 Å².